The van der Waals surface area contributed by atoms with Gasteiger partial charge in [0.05, 0.1) is 5.69 Å². The van der Waals surface area contributed by atoms with Gasteiger partial charge in [0, 0.05) is 25.3 Å². The molecule has 1 aromatic heterocycles. The number of rotatable bonds is 6. The average Bonchev–Trinajstić information content (AvgIpc) is 2.62. The van der Waals surface area contributed by atoms with Crippen molar-refractivity contribution in [2.24, 2.45) is 5.73 Å². The lowest BCUT2D eigenvalue weighted by Gasteiger charge is -2.18. The number of aromatic nitrogens is 3. The molecule has 0 fully saturated rings. The molecule has 0 atom stereocenters. The van der Waals surface area contributed by atoms with Crippen LogP contribution < -0.4 is 5.73 Å². The largest absolute Gasteiger partial charge is 0.330 e. The normalized spacial score (nSPS) is 11.6. The minimum absolute atomic E-state index is 0.527. The summed E-state index contributed by atoms with van der Waals surface area (Å²) < 4.78 is 1.86. The van der Waals surface area contributed by atoms with Crippen molar-refractivity contribution in [1.82, 2.24) is 19.9 Å². The lowest BCUT2D eigenvalue weighted by atomic mass is 10.3. The maximum absolute atomic E-state index is 5.43. The summed E-state index contributed by atoms with van der Waals surface area (Å²) in [6.45, 7) is 6.73. The predicted molar refractivity (Wildman–Crippen MR) is 60.3 cm³/mol. The summed E-state index contributed by atoms with van der Waals surface area (Å²) in [5.41, 5.74) is 6.45. The van der Waals surface area contributed by atoms with E-state index in [0.717, 1.165) is 25.2 Å². The molecule has 0 amide bonds. The molecule has 0 aliphatic heterocycles. The molecule has 2 N–H and O–H groups in total. The first-order chi connectivity index (χ1) is 7.13. The molecule has 0 radical (unpaired) electrons. The zero-order chi connectivity index (χ0) is 11.3. The van der Waals surface area contributed by atoms with Gasteiger partial charge in [0.25, 0.3) is 0 Å². The van der Waals surface area contributed by atoms with Crippen LogP contribution in [0.25, 0.3) is 0 Å². The molecule has 0 aliphatic carbocycles. The molecule has 0 bridgehead atoms. The smallest absolute Gasteiger partial charge is 0.0967 e. The summed E-state index contributed by atoms with van der Waals surface area (Å²) in [4.78, 5) is 2.23. The quantitative estimate of drug-likeness (QED) is 0.743. The molecule has 15 heavy (non-hydrogen) atoms. The molecule has 5 nitrogen and oxygen atoms in total. The van der Waals surface area contributed by atoms with Crippen molar-refractivity contribution in [1.29, 1.82) is 0 Å². The van der Waals surface area contributed by atoms with Gasteiger partial charge in [-0.25, -0.2) is 0 Å². The van der Waals surface area contributed by atoms with Crippen LogP contribution in [-0.2, 0) is 13.1 Å². The molecular formula is C10H21N5. The third kappa shape index (κ3) is 3.97. The monoisotopic (exact) mass is 211 g/mol. The Labute approximate surface area is 91.2 Å². The van der Waals surface area contributed by atoms with Crippen LogP contribution in [0.1, 0.15) is 26.0 Å². The minimum atomic E-state index is 0.527. The highest BCUT2D eigenvalue weighted by atomic mass is 15.4. The van der Waals surface area contributed by atoms with Crippen molar-refractivity contribution >= 4 is 0 Å². The second-order valence-electron chi connectivity index (χ2n) is 4.12. The van der Waals surface area contributed by atoms with E-state index in [0.29, 0.717) is 12.6 Å². The second kappa shape index (κ2) is 5.82. The molecule has 1 heterocycles. The zero-order valence-electron chi connectivity index (χ0n) is 9.85. The molecule has 1 aromatic rings. The van der Waals surface area contributed by atoms with Gasteiger partial charge in [0.15, 0.2) is 0 Å². The van der Waals surface area contributed by atoms with Gasteiger partial charge in [-0.3, -0.25) is 9.58 Å². The highest BCUT2D eigenvalue weighted by Gasteiger charge is 2.07. The summed E-state index contributed by atoms with van der Waals surface area (Å²) in [5.74, 6) is 0. The highest BCUT2D eigenvalue weighted by molar-refractivity contribution is 4.92. The standard InChI is InChI=1S/C10H21N5/c1-9(2)14(3)7-10-8-15(13-12-10)6-4-5-11/h8-9H,4-7,11H2,1-3H3. The van der Waals surface area contributed by atoms with Crippen LogP contribution in [0.15, 0.2) is 6.20 Å². The summed E-state index contributed by atoms with van der Waals surface area (Å²) in [6, 6.07) is 0.527. The van der Waals surface area contributed by atoms with Gasteiger partial charge in [-0.05, 0) is 33.9 Å². The van der Waals surface area contributed by atoms with Crippen molar-refractivity contribution < 1.29 is 0 Å². The third-order valence-corrected chi connectivity index (χ3v) is 2.47. The fourth-order valence-corrected chi connectivity index (χ4v) is 1.21. The van der Waals surface area contributed by atoms with Crippen LogP contribution in [0.3, 0.4) is 0 Å². The van der Waals surface area contributed by atoms with Crippen LogP contribution in [-0.4, -0.2) is 39.5 Å². The molecule has 1 rings (SSSR count). The molecule has 0 aliphatic rings. The van der Waals surface area contributed by atoms with Crippen LogP contribution in [0.2, 0.25) is 0 Å². The Morgan fingerprint density at radius 2 is 2.27 bits per heavy atom. The summed E-state index contributed by atoms with van der Waals surface area (Å²) in [5, 5.41) is 8.17. The molecular weight excluding hydrogens is 190 g/mol. The maximum Gasteiger partial charge on any atom is 0.0967 e. The van der Waals surface area contributed by atoms with E-state index in [1.54, 1.807) is 0 Å². The number of hydrogen-bond donors (Lipinski definition) is 1. The van der Waals surface area contributed by atoms with E-state index >= 15 is 0 Å². The van der Waals surface area contributed by atoms with Crippen LogP contribution in [0, 0.1) is 0 Å². The second-order valence-corrected chi connectivity index (χ2v) is 4.12. The predicted octanol–water partition coefficient (Wildman–Crippen LogP) is 0.467. The van der Waals surface area contributed by atoms with Gasteiger partial charge in [0.1, 0.15) is 0 Å². The van der Waals surface area contributed by atoms with E-state index in [9.17, 15) is 0 Å². The third-order valence-electron chi connectivity index (χ3n) is 2.47. The molecule has 0 spiro atoms. The van der Waals surface area contributed by atoms with Gasteiger partial charge < -0.3 is 5.73 Å². The fraction of sp³-hybridized carbons (Fsp3) is 0.800. The van der Waals surface area contributed by atoms with E-state index in [1.807, 2.05) is 10.9 Å². The van der Waals surface area contributed by atoms with Crippen molar-refractivity contribution in [2.75, 3.05) is 13.6 Å². The van der Waals surface area contributed by atoms with Gasteiger partial charge in [-0.2, -0.15) is 0 Å². The van der Waals surface area contributed by atoms with E-state index in [1.165, 1.54) is 0 Å². The average molecular weight is 211 g/mol. The van der Waals surface area contributed by atoms with Crippen molar-refractivity contribution in [3.63, 3.8) is 0 Å². The molecule has 0 saturated heterocycles. The minimum Gasteiger partial charge on any atom is -0.330 e. The van der Waals surface area contributed by atoms with Gasteiger partial charge in [0.2, 0.25) is 0 Å². The molecule has 0 saturated carbocycles. The van der Waals surface area contributed by atoms with Crippen LogP contribution in [0.5, 0.6) is 0 Å². The topological polar surface area (TPSA) is 60.0 Å². The summed E-state index contributed by atoms with van der Waals surface area (Å²) in [7, 11) is 2.09. The SMILES string of the molecule is CC(C)N(C)Cc1cn(CCCN)nn1. The van der Waals surface area contributed by atoms with E-state index < -0.39 is 0 Å². The Morgan fingerprint density at radius 3 is 2.87 bits per heavy atom. The Morgan fingerprint density at radius 1 is 1.53 bits per heavy atom. The first-order valence-corrected chi connectivity index (χ1v) is 5.42. The number of nitrogens with zero attached hydrogens (tertiary/aromatic N) is 4. The first-order valence-electron chi connectivity index (χ1n) is 5.42. The van der Waals surface area contributed by atoms with Crippen LogP contribution >= 0.6 is 0 Å². The Kier molecular flexibility index (Phi) is 4.71. The Balaban J connectivity index is 2.45. The van der Waals surface area contributed by atoms with Gasteiger partial charge in [-0.15, -0.1) is 5.10 Å². The highest BCUT2D eigenvalue weighted by Crippen LogP contribution is 2.02. The number of aryl methyl sites for hydroxylation is 1. The van der Waals surface area contributed by atoms with Crippen molar-refractivity contribution in [3.8, 4) is 0 Å². The zero-order valence-corrected chi connectivity index (χ0v) is 9.85. The van der Waals surface area contributed by atoms with Crippen molar-refractivity contribution in [3.05, 3.63) is 11.9 Å². The molecule has 0 aromatic carbocycles. The number of hydrogen-bond acceptors (Lipinski definition) is 4. The molecule has 86 valence electrons. The van der Waals surface area contributed by atoms with Gasteiger partial charge in [-0.1, -0.05) is 5.21 Å². The fourth-order valence-electron chi connectivity index (χ4n) is 1.21. The number of nitrogens with two attached hydrogens (primary N) is 1. The van der Waals surface area contributed by atoms with Crippen molar-refractivity contribution in [2.45, 2.75) is 39.4 Å². The lowest BCUT2D eigenvalue weighted by molar-refractivity contribution is 0.262. The van der Waals surface area contributed by atoms with E-state index in [4.69, 9.17) is 5.73 Å². The van der Waals surface area contributed by atoms with Crippen LogP contribution in [0.4, 0.5) is 0 Å². The summed E-state index contributed by atoms with van der Waals surface area (Å²) >= 11 is 0. The van der Waals surface area contributed by atoms with E-state index in [-0.39, 0.29) is 0 Å². The maximum atomic E-state index is 5.43. The van der Waals surface area contributed by atoms with Gasteiger partial charge >= 0.3 is 0 Å². The Bertz CT molecular complexity index is 281. The molecule has 5 heteroatoms. The summed E-state index contributed by atoms with van der Waals surface area (Å²) in [6.07, 6.45) is 2.94. The lowest BCUT2D eigenvalue weighted by Crippen LogP contribution is -2.25. The molecule has 0 unspecified atom stereocenters. The van der Waals surface area contributed by atoms with E-state index in [2.05, 4.69) is 36.1 Å². The Hall–Kier alpha value is -0.940. The first kappa shape index (κ1) is 12.1.